The molecular formula is C21H26N2O4. The Morgan fingerprint density at radius 2 is 1.59 bits per heavy atom. The van der Waals surface area contributed by atoms with Crippen LogP contribution in [-0.2, 0) is 9.59 Å². The molecule has 27 heavy (non-hydrogen) atoms. The number of amides is 4. The first-order chi connectivity index (χ1) is 12.7. The third kappa shape index (κ3) is 3.40. The number of carbonyl (C=O) groups is 4. The van der Waals surface area contributed by atoms with Crippen molar-refractivity contribution >= 4 is 23.6 Å². The molecule has 0 radical (unpaired) electrons. The summed E-state index contributed by atoms with van der Waals surface area (Å²) >= 11 is 0. The van der Waals surface area contributed by atoms with Crippen LogP contribution in [0.3, 0.4) is 0 Å². The van der Waals surface area contributed by atoms with Crippen molar-refractivity contribution in [1.29, 1.82) is 0 Å². The molecule has 6 heteroatoms. The average Bonchev–Trinajstić information content (AvgIpc) is 2.82. The molecule has 1 heterocycles. The second kappa shape index (κ2) is 7.25. The van der Waals surface area contributed by atoms with Crippen LogP contribution >= 0.6 is 0 Å². The van der Waals surface area contributed by atoms with Crippen LogP contribution in [-0.4, -0.2) is 46.0 Å². The van der Waals surface area contributed by atoms with Gasteiger partial charge >= 0.3 is 17.8 Å². The molecule has 1 aliphatic heterocycles. The van der Waals surface area contributed by atoms with Gasteiger partial charge in [-0.1, -0.05) is 25.8 Å². The monoisotopic (exact) mass is 370 g/mol. The molecule has 0 spiro atoms. The summed E-state index contributed by atoms with van der Waals surface area (Å²) in [5.74, 6) is -1.86. The van der Waals surface area contributed by atoms with Crippen LogP contribution in [0, 0.1) is 26.7 Å². The molecule has 4 amide bonds. The molecule has 0 unspecified atom stereocenters. The minimum absolute atomic E-state index is 0.164. The van der Waals surface area contributed by atoms with Crippen LogP contribution in [0.25, 0.3) is 0 Å². The average molecular weight is 370 g/mol. The Bertz CT molecular complexity index is 830. The summed E-state index contributed by atoms with van der Waals surface area (Å²) in [4.78, 5) is 52.3. The maximum atomic E-state index is 12.8. The minimum Gasteiger partial charge on any atom is -0.292 e. The first-order valence-corrected chi connectivity index (χ1v) is 9.52. The Kier molecular flexibility index (Phi) is 5.18. The highest BCUT2D eigenvalue weighted by molar-refractivity contribution is 6.45. The number of hydrogen-bond donors (Lipinski definition) is 0. The second-order valence-corrected chi connectivity index (χ2v) is 7.85. The Morgan fingerprint density at radius 1 is 0.963 bits per heavy atom. The first-order valence-electron chi connectivity index (χ1n) is 9.52. The molecule has 2 fully saturated rings. The van der Waals surface area contributed by atoms with E-state index < -0.39 is 24.4 Å². The number of aryl methyl sites for hydroxylation is 3. The zero-order valence-corrected chi connectivity index (χ0v) is 16.4. The standard InChI is InChI=1S/C21H26N2O4/c1-12-7-5-6-8-17(12)23-20(26)19(25)22(21(23)27)11-18(24)16-10-14(3)13(2)9-15(16)4/h9-10,12,17H,5-8,11H2,1-4H3/t12-,17+/m0/s1. The predicted molar refractivity (Wildman–Crippen MR) is 100 cm³/mol. The molecule has 6 nitrogen and oxygen atoms in total. The van der Waals surface area contributed by atoms with Gasteiger partial charge in [0.05, 0.1) is 6.54 Å². The van der Waals surface area contributed by atoms with Crippen LogP contribution in [0.5, 0.6) is 0 Å². The van der Waals surface area contributed by atoms with Crippen molar-refractivity contribution in [1.82, 2.24) is 9.80 Å². The topological polar surface area (TPSA) is 74.8 Å². The van der Waals surface area contributed by atoms with Crippen LogP contribution in [0.2, 0.25) is 0 Å². The third-order valence-electron chi connectivity index (χ3n) is 5.92. The highest BCUT2D eigenvalue weighted by Gasteiger charge is 2.49. The minimum atomic E-state index is -0.896. The molecule has 1 saturated heterocycles. The summed E-state index contributed by atoms with van der Waals surface area (Å²) in [5.41, 5.74) is 3.32. The number of ketones is 1. The Morgan fingerprint density at radius 3 is 2.26 bits per heavy atom. The van der Waals surface area contributed by atoms with Crippen molar-refractivity contribution < 1.29 is 19.2 Å². The van der Waals surface area contributed by atoms with Crippen molar-refractivity contribution in [3.63, 3.8) is 0 Å². The fourth-order valence-electron chi connectivity index (χ4n) is 4.12. The lowest BCUT2D eigenvalue weighted by Crippen LogP contribution is -2.46. The molecule has 0 bridgehead atoms. The van der Waals surface area contributed by atoms with Crippen molar-refractivity contribution in [2.45, 2.75) is 59.4 Å². The maximum absolute atomic E-state index is 12.8. The number of imide groups is 2. The van der Waals surface area contributed by atoms with Gasteiger partial charge in [0.15, 0.2) is 5.78 Å². The van der Waals surface area contributed by atoms with E-state index in [4.69, 9.17) is 0 Å². The SMILES string of the molecule is Cc1cc(C)c(C(=O)CN2C(=O)C(=O)N([C@@H]3CCCC[C@@H]3C)C2=O)cc1C. The van der Waals surface area contributed by atoms with Crippen molar-refractivity contribution in [3.05, 3.63) is 34.4 Å². The van der Waals surface area contributed by atoms with Gasteiger partial charge in [0.1, 0.15) is 0 Å². The molecule has 1 aliphatic carbocycles. The van der Waals surface area contributed by atoms with E-state index in [1.807, 2.05) is 33.8 Å². The number of rotatable bonds is 4. The quantitative estimate of drug-likeness (QED) is 0.463. The van der Waals surface area contributed by atoms with E-state index in [1.165, 1.54) is 0 Å². The highest BCUT2D eigenvalue weighted by Crippen LogP contribution is 2.31. The smallest absolute Gasteiger partial charge is 0.292 e. The van der Waals surface area contributed by atoms with Gasteiger partial charge in [0, 0.05) is 11.6 Å². The molecular weight excluding hydrogens is 344 g/mol. The molecule has 2 atom stereocenters. The maximum Gasteiger partial charge on any atom is 0.334 e. The number of nitrogens with zero attached hydrogens (tertiary/aromatic N) is 2. The second-order valence-electron chi connectivity index (χ2n) is 7.85. The lowest BCUT2D eigenvalue weighted by Gasteiger charge is -2.34. The lowest BCUT2D eigenvalue weighted by molar-refractivity contribution is -0.144. The zero-order valence-electron chi connectivity index (χ0n) is 16.4. The Labute approximate surface area is 159 Å². The van der Waals surface area contributed by atoms with Gasteiger partial charge in [-0.3, -0.25) is 19.3 Å². The predicted octanol–water partition coefficient (Wildman–Crippen LogP) is 3.16. The van der Waals surface area contributed by atoms with Crippen molar-refractivity contribution in [3.8, 4) is 0 Å². The van der Waals surface area contributed by atoms with Crippen molar-refractivity contribution in [2.24, 2.45) is 5.92 Å². The summed E-state index contributed by atoms with van der Waals surface area (Å²) in [5, 5.41) is 0. The molecule has 3 rings (SSSR count). The first kappa shape index (κ1) is 19.3. The van der Waals surface area contributed by atoms with Crippen LogP contribution in [0.1, 0.15) is 59.7 Å². The number of benzene rings is 1. The third-order valence-corrected chi connectivity index (χ3v) is 5.92. The molecule has 1 aromatic rings. The van der Waals surface area contributed by atoms with E-state index in [0.29, 0.717) is 12.0 Å². The number of carbonyl (C=O) groups excluding carboxylic acids is 4. The van der Waals surface area contributed by atoms with Gasteiger partial charge in [-0.2, -0.15) is 0 Å². The van der Waals surface area contributed by atoms with Gasteiger partial charge < -0.3 is 0 Å². The van der Waals surface area contributed by atoms with Gasteiger partial charge in [0.2, 0.25) is 0 Å². The van der Waals surface area contributed by atoms with Gasteiger partial charge in [0.25, 0.3) is 0 Å². The zero-order chi connectivity index (χ0) is 19.9. The molecule has 1 aromatic carbocycles. The van der Waals surface area contributed by atoms with E-state index >= 15 is 0 Å². The molecule has 1 saturated carbocycles. The summed E-state index contributed by atoms with van der Waals surface area (Å²) in [6.07, 6.45) is 3.64. The number of urea groups is 1. The largest absolute Gasteiger partial charge is 0.334 e. The van der Waals surface area contributed by atoms with Crippen LogP contribution in [0.15, 0.2) is 12.1 Å². The summed E-state index contributed by atoms with van der Waals surface area (Å²) in [6, 6.07) is 2.78. The fourth-order valence-corrected chi connectivity index (χ4v) is 4.12. The summed E-state index contributed by atoms with van der Waals surface area (Å²) in [6.45, 7) is 7.30. The number of hydrogen-bond acceptors (Lipinski definition) is 4. The van der Waals surface area contributed by atoms with Crippen molar-refractivity contribution in [2.75, 3.05) is 6.54 Å². The Balaban J connectivity index is 1.82. The molecule has 144 valence electrons. The van der Waals surface area contributed by atoms with E-state index in [1.54, 1.807) is 6.07 Å². The van der Waals surface area contributed by atoms with E-state index in [0.717, 1.165) is 45.8 Å². The van der Waals surface area contributed by atoms with Gasteiger partial charge in [-0.15, -0.1) is 0 Å². The molecule has 2 aliphatic rings. The fraction of sp³-hybridized carbons (Fsp3) is 0.524. The highest BCUT2D eigenvalue weighted by atomic mass is 16.2. The normalized spacial score (nSPS) is 23.3. The van der Waals surface area contributed by atoms with Crippen LogP contribution < -0.4 is 0 Å². The lowest BCUT2D eigenvalue weighted by atomic mass is 9.85. The molecule has 0 N–H and O–H groups in total. The summed E-state index contributed by atoms with van der Waals surface area (Å²) < 4.78 is 0. The van der Waals surface area contributed by atoms with E-state index in [-0.39, 0.29) is 17.7 Å². The summed E-state index contributed by atoms with van der Waals surface area (Å²) in [7, 11) is 0. The van der Waals surface area contributed by atoms with Crippen LogP contribution in [0.4, 0.5) is 4.79 Å². The van der Waals surface area contributed by atoms with Gasteiger partial charge in [-0.25, -0.2) is 9.69 Å². The Hall–Kier alpha value is -2.50. The number of Topliss-reactive ketones (excluding diaryl/α,β-unsaturated/α-hetero) is 1. The van der Waals surface area contributed by atoms with E-state index in [9.17, 15) is 19.2 Å². The van der Waals surface area contributed by atoms with E-state index in [2.05, 4.69) is 0 Å². The van der Waals surface area contributed by atoms with Gasteiger partial charge in [-0.05, 0) is 62.3 Å². The molecule has 0 aromatic heterocycles.